The molecule has 1 aliphatic carbocycles. The highest BCUT2D eigenvalue weighted by atomic mass is 15.4. The van der Waals surface area contributed by atoms with E-state index < -0.39 is 0 Å². The predicted octanol–water partition coefficient (Wildman–Crippen LogP) is 7.59. The Morgan fingerprint density at radius 3 is 2.19 bits per heavy atom. The SMILES string of the molecule is C=C1C(CC(C)C)=NC2(CCC(C(C)(C)C)CC2)N1C(C)(CC)CCCC. The number of nitrogens with zero attached hydrogens (tertiary/aromatic N) is 2. The lowest BCUT2D eigenvalue weighted by Gasteiger charge is -2.53. The maximum Gasteiger partial charge on any atom is 0.132 e. The Labute approximate surface area is 169 Å². The summed E-state index contributed by atoms with van der Waals surface area (Å²) in [6, 6.07) is 0. The molecule has 1 aliphatic heterocycles. The summed E-state index contributed by atoms with van der Waals surface area (Å²) in [5.74, 6) is 1.44. The maximum absolute atomic E-state index is 5.46. The van der Waals surface area contributed by atoms with E-state index in [1.165, 1.54) is 62.8 Å². The van der Waals surface area contributed by atoms with E-state index in [2.05, 4.69) is 66.9 Å². The highest BCUT2D eigenvalue weighted by molar-refractivity contribution is 6.01. The van der Waals surface area contributed by atoms with Crippen molar-refractivity contribution in [2.45, 2.75) is 124 Å². The molecule has 1 saturated carbocycles. The van der Waals surface area contributed by atoms with Gasteiger partial charge >= 0.3 is 0 Å². The molecule has 2 rings (SSSR count). The molecule has 1 unspecified atom stereocenters. The number of unbranched alkanes of at least 4 members (excludes halogenated alkanes) is 1. The predicted molar refractivity (Wildman–Crippen MR) is 120 cm³/mol. The minimum Gasteiger partial charge on any atom is -0.341 e. The molecule has 2 heteroatoms. The van der Waals surface area contributed by atoms with Gasteiger partial charge in [0.1, 0.15) is 5.66 Å². The number of allylic oxidation sites excluding steroid dienone is 1. The number of rotatable bonds is 7. The van der Waals surface area contributed by atoms with Crippen LogP contribution in [0.4, 0.5) is 0 Å². The van der Waals surface area contributed by atoms with Gasteiger partial charge < -0.3 is 4.90 Å². The first kappa shape index (κ1) is 22.5. The van der Waals surface area contributed by atoms with Gasteiger partial charge in [-0.15, -0.1) is 0 Å². The molecule has 0 saturated heterocycles. The minimum atomic E-state index is -0.0262. The third-order valence-corrected chi connectivity index (χ3v) is 7.35. The molecule has 2 aliphatic rings. The van der Waals surface area contributed by atoms with Crippen LogP contribution in [0.15, 0.2) is 17.3 Å². The van der Waals surface area contributed by atoms with Crippen molar-refractivity contribution >= 4 is 5.71 Å². The van der Waals surface area contributed by atoms with Crippen molar-refractivity contribution in [2.75, 3.05) is 0 Å². The molecule has 0 aromatic rings. The van der Waals surface area contributed by atoms with E-state index >= 15 is 0 Å². The second-order valence-electron chi connectivity index (χ2n) is 11.0. The van der Waals surface area contributed by atoms with Gasteiger partial charge in [0.25, 0.3) is 0 Å². The monoisotopic (exact) mass is 374 g/mol. The first-order chi connectivity index (χ1) is 12.5. The Morgan fingerprint density at radius 2 is 1.74 bits per heavy atom. The zero-order valence-electron chi connectivity index (χ0n) is 19.6. The largest absolute Gasteiger partial charge is 0.341 e. The lowest BCUT2D eigenvalue weighted by atomic mass is 9.68. The Balaban J connectivity index is 2.37. The van der Waals surface area contributed by atoms with Crippen molar-refractivity contribution < 1.29 is 0 Å². The fraction of sp³-hybridized carbons (Fsp3) is 0.880. The normalized spacial score (nSPS) is 28.8. The van der Waals surface area contributed by atoms with E-state index in [-0.39, 0.29) is 11.2 Å². The molecule has 0 aromatic heterocycles. The van der Waals surface area contributed by atoms with E-state index in [0.29, 0.717) is 11.3 Å². The zero-order valence-corrected chi connectivity index (χ0v) is 19.6. The fourth-order valence-electron chi connectivity index (χ4n) is 5.41. The smallest absolute Gasteiger partial charge is 0.132 e. The van der Waals surface area contributed by atoms with Gasteiger partial charge in [0.15, 0.2) is 0 Å². The molecule has 0 amide bonds. The average molecular weight is 375 g/mol. The second-order valence-corrected chi connectivity index (χ2v) is 11.0. The van der Waals surface area contributed by atoms with Crippen LogP contribution < -0.4 is 0 Å². The van der Waals surface area contributed by atoms with Crippen molar-refractivity contribution in [1.29, 1.82) is 0 Å². The van der Waals surface area contributed by atoms with E-state index in [4.69, 9.17) is 4.99 Å². The van der Waals surface area contributed by atoms with Crippen molar-refractivity contribution in [3.05, 3.63) is 12.3 Å². The van der Waals surface area contributed by atoms with Crippen LogP contribution in [-0.2, 0) is 0 Å². The highest BCUT2D eigenvalue weighted by Gasteiger charge is 2.52. The topological polar surface area (TPSA) is 15.6 Å². The van der Waals surface area contributed by atoms with Crippen LogP contribution in [0.3, 0.4) is 0 Å². The molecule has 0 N–H and O–H groups in total. The van der Waals surface area contributed by atoms with Gasteiger partial charge in [0.05, 0.1) is 11.4 Å². The quantitative estimate of drug-likeness (QED) is 0.448. The van der Waals surface area contributed by atoms with Gasteiger partial charge in [-0.2, -0.15) is 0 Å². The van der Waals surface area contributed by atoms with Crippen molar-refractivity contribution in [2.24, 2.45) is 22.2 Å². The van der Waals surface area contributed by atoms with Gasteiger partial charge in [0.2, 0.25) is 0 Å². The summed E-state index contributed by atoms with van der Waals surface area (Å²) in [5.41, 5.74) is 3.07. The minimum absolute atomic E-state index is 0.0262. The molecule has 156 valence electrons. The third-order valence-electron chi connectivity index (χ3n) is 7.35. The van der Waals surface area contributed by atoms with Gasteiger partial charge in [0, 0.05) is 5.54 Å². The van der Waals surface area contributed by atoms with Gasteiger partial charge in [-0.1, -0.05) is 67.9 Å². The number of hydrogen-bond donors (Lipinski definition) is 0. The Hall–Kier alpha value is -0.790. The van der Waals surface area contributed by atoms with Crippen LogP contribution in [0.2, 0.25) is 0 Å². The zero-order chi connectivity index (χ0) is 20.5. The van der Waals surface area contributed by atoms with Crippen LogP contribution in [0, 0.1) is 17.3 Å². The van der Waals surface area contributed by atoms with Crippen molar-refractivity contribution in [3.63, 3.8) is 0 Å². The second kappa shape index (κ2) is 8.29. The number of hydrogen-bond acceptors (Lipinski definition) is 2. The van der Waals surface area contributed by atoms with Crippen LogP contribution in [0.5, 0.6) is 0 Å². The molecule has 0 radical (unpaired) electrons. The number of aliphatic imine (C=N–C) groups is 1. The van der Waals surface area contributed by atoms with Gasteiger partial charge in [-0.3, -0.25) is 4.99 Å². The molecule has 27 heavy (non-hydrogen) atoms. The Kier molecular flexibility index (Phi) is 6.91. The first-order valence-corrected chi connectivity index (χ1v) is 11.6. The molecule has 1 fully saturated rings. The lowest BCUT2D eigenvalue weighted by molar-refractivity contribution is -0.0134. The molecule has 1 atom stereocenters. The van der Waals surface area contributed by atoms with Crippen LogP contribution in [0.25, 0.3) is 0 Å². The van der Waals surface area contributed by atoms with E-state index in [0.717, 1.165) is 12.3 Å². The highest BCUT2D eigenvalue weighted by Crippen LogP contribution is 2.51. The van der Waals surface area contributed by atoms with Crippen molar-refractivity contribution in [1.82, 2.24) is 4.90 Å². The summed E-state index contributed by atoms with van der Waals surface area (Å²) >= 11 is 0. The van der Waals surface area contributed by atoms with Gasteiger partial charge in [-0.05, 0) is 69.1 Å². The molecule has 2 nitrogen and oxygen atoms in total. The molecule has 1 heterocycles. The lowest BCUT2D eigenvalue weighted by Crippen LogP contribution is -2.57. The molecular formula is C25H46N2. The fourth-order valence-corrected chi connectivity index (χ4v) is 5.41. The molecule has 1 spiro atoms. The summed E-state index contributed by atoms with van der Waals surface area (Å²) in [6.45, 7) is 23.6. The Bertz CT molecular complexity index is 543. The Morgan fingerprint density at radius 1 is 1.15 bits per heavy atom. The molecular weight excluding hydrogens is 328 g/mol. The van der Waals surface area contributed by atoms with E-state index in [1.807, 2.05) is 0 Å². The van der Waals surface area contributed by atoms with Crippen molar-refractivity contribution in [3.8, 4) is 0 Å². The molecule has 0 bridgehead atoms. The van der Waals surface area contributed by atoms with E-state index in [1.54, 1.807) is 0 Å². The third kappa shape index (κ3) is 4.62. The summed E-state index contributed by atoms with van der Waals surface area (Å²) < 4.78 is 0. The summed E-state index contributed by atoms with van der Waals surface area (Å²) in [4.78, 5) is 8.18. The average Bonchev–Trinajstić information content (AvgIpc) is 2.83. The summed E-state index contributed by atoms with van der Waals surface area (Å²) in [5, 5.41) is 0. The summed E-state index contributed by atoms with van der Waals surface area (Å²) in [6.07, 6.45) is 11.0. The molecule has 0 aromatic carbocycles. The first-order valence-electron chi connectivity index (χ1n) is 11.6. The van der Waals surface area contributed by atoms with Crippen LogP contribution in [-0.4, -0.2) is 21.8 Å². The maximum atomic E-state index is 5.46. The van der Waals surface area contributed by atoms with Gasteiger partial charge in [-0.25, -0.2) is 0 Å². The van der Waals surface area contributed by atoms with Crippen LogP contribution in [0.1, 0.15) is 113 Å². The van der Waals surface area contributed by atoms with Crippen LogP contribution >= 0.6 is 0 Å². The standard InChI is InChI=1S/C25H46N2/c1-10-12-15-24(9,11-2)27-20(5)22(18-19(3)4)26-25(27)16-13-21(14-17-25)23(6,7)8/h19,21H,5,10-18H2,1-4,6-9H3. The summed E-state index contributed by atoms with van der Waals surface area (Å²) in [7, 11) is 0. The van der Waals surface area contributed by atoms with E-state index in [9.17, 15) is 0 Å².